The van der Waals surface area contributed by atoms with Crippen molar-refractivity contribution in [3.8, 4) is 0 Å². The lowest BCUT2D eigenvalue weighted by atomic mass is 10.1. The van der Waals surface area contributed by atoms with Crippen LogP contribution in [0.4, 0.5) is 0 Å². The Morgan fingerprint density at radius 3 is 2.65 bits per heavy atom. The lowest BCUT2D eigenvalue weighted by Gasteiger charge is -2.39. The number of amides is 1. The van der Waals surface area contributed by atoms with E-state index in [0.717, 1.165) is 31.6 Å². The van der Waals surface area contributed by atoms with E-state index in [9.17, 15) is 4.79 Å². The van der Waals surface area contributed by atoms with E-state index < -0.39 is 0 Å². The van der Waals surface area contributed by atoms with Gasteiger partial charge in [-0.05, 0) is 25.7 Å². The molecule has 2 saturated carbocycles. The number of hydrogen-bond acceptors (Lipinski definition) is 3. The van der Waals surface area contributed by atoms with Gasteiger partial charge >= 0.3 is 0 Å². The van der Waals surface area contributed by atoms with Crippen molar-refractivity contribution in [3.05, 3.63) is 11.9 Å². The quantitative estimate of drug-likeness (QED) is 0.779. The molecule has 1 aromatic heterocycles. The van der Waals surface area contributed by atoms with Crippen molar-refractivity contribution in [2.45, 2.75) is 37.6 Å². The fraction of sp³-hybridized carbons (Fsp3) is 0.750. The van der Waals surface area contributed by atoms with Crippen LogP contribution >= 0.6 is 0 Å². The number of hydrogen-bond donors (Lipinski definition) is 0. The first kappa shape index (κ1) is 9.62. The highest BCUT2D eigenvalue weighted by atomic mass is 16.2. The van der Waals surface area contributed by atoms with Crippen LogP contribution in [0, 0.1) is 5.92 Å². The molecule has 0 spiro atoms. The van der Waals surface area contributed by atoms with Crippen LogP contribution < -0.4 is 0 Å². The molecule has 17 heavy (non-hydrogen) atoms. The molecule has 2 heterocycles. The molecule has 4 rings (SSSR count). The Kier molecular flexibility index (Phi) is 1.87. The van der Waals surface area contributed by atoms with Gasteiger partial charge < -0.3 is 4.90 Å². The number of likely N-dealkylation sites (tertiary alicyclic amines) is 1. The van der Waals surface area contributed by atoms with Gasteiger partial charge in [-0.3, -0.25) is 4.79 Å². The number of nitrogens with zero attached hydrogens (tertiary/aromatic N) is 4. The Labute approximate surface area is 99.8 Å². The first-order chi connectivity index (χ1) is 8.31. The molecule has 2 aliphatic carbocycles. The molecule has 0 radical (unpaired) electrons. The van der Waals surface area contributed by atoms with E-state index in [0.29, 0.717) is 23.8 Å². The fourth-order valence-corrected chi connectivity index (χ4v) is 2.43. The molecule has 1 amide bonds. The molecule has 1 aliphatic heterocycles. The number of carbonyl (C=O) groups is 1. The number of carbonyl (C=O) groups excluding carboxylic acids is 1. The third-order valence-electron chi connectivity index (χ3n) is 4.00. The van der Waals surface area contributed by atoms with Gasteiger partial charge in [0.05, 0.1) is 11.7 Å². The van der Waals surface area contributed by atoms with Gasteiger partial charge in [0.2, 0.25) is 5.91 Å². The topological polar surface area (TPSA) is 51.0 Å². The molecule has 1 saturated heterocycles. The van der Waals surface area contributed by atoms with Crippen molar-refractivity contribution in [1.82, 2.24) is 19.9 Å². The van der Waals surface area contributed by atoms with Crippen LogP contribution in [0.15, 0.2) is 6.20 Å². The highest BCUT2D eigenvalue weighted by Crippen LogP contribution is 2.39. The third-order valence-corrected chi connectivity index (χ3v) is 4.00. The first-order valence-electron chi connectivity index (χ1n) is 6.52. The molecule has 0 N–H and O–H groups in total. The molecule has 5 nitrogen and oxygen atoms in total. The minimum Gasteiger partial charge on any atom is -0.338 e. The van der Waals surface area contributed by atoms with E-state index in [1.807, 2.05) is 9.58 Å². The van der Waals surface area contributed by atoms with Crippen LogP contribution in [-0.2, 0) is 4.79 Å². The summed E-state index contributed by atoms with van der Waals surface area (Å²) < 4.78 is 1.95. The summed E-state index contributed by atoms with van der Waals surface area (Å²) in [7, 11) is 0. The summed E-state index contributed by atoms with van der Waals surface area (Å²) in [4.78, 5) is 13.7. The monoisotopic (exact) mass is 232 g/mol. The van der Waals surface area contributed by atoms with Crippen LogP contribution in [0.1, 0.15) is 43.3 Å². The second kappa shape index (κ2) is 3.31. The van der Waals surface area contributed by atoms with E-state index in [1.165, 1.54) is 12.8 Å². The Morgan fingerprint density at radius 2 is 2.00 bits per heavy atom. The van der Waals surface area contributed by atoms with Crippen LogP contribution in [0.5, 0.6) is 0 Å². The van der Waals surface area contributed by atoms with Crippen LogP contribution in [0.25, 0.3) is 0 Å². The molecule has 3 aliphatic rings. The van der Waals surface area contributed by atoms with Gasteiger partial charge in [0.25, 0.3) is 0 Å². The number of aromatic nitrogens is 3. The standard InChI is InChI=1S/C12H16N4O/c17-12(9-3-4-9)15-5-10(6-15)16-7-11(13-14-16)8-1-2-8/h7-10H,1-6H2. The summed E-state index contributed by atoms with van der Waals surface area (Å²) in [6.45, 7) is 1.64. The predicted molar refractivity (Wildman–Crippen MR) is 60.3 cm³/mol. The van der Waals surface area contributed by atoms with E-state index in [4.69, 9.17) is 0 Å². The minimum atomic E-state index is 0.341. The Balaban J connectivity index is 1.38. The van der Waals surface area contributed by atoms with Crippen LogP contribution in [0.3, 0.4) is 0 Å². The van der Waals surface area contributed by atoms with Crippen molar-refractivity contribution in [3.63, 3.8) is 0 Å². The highest BCUT2D eigenvalue weighted by molar-refractivity contribution is 5.81. The first-order valence-corrected chi connectivity index (χ1v) is 6.52. The van der Waals surface area contributed by atoms with Gasteiger partial charge in [-0.15, -0.1) is 5.10 Å². The molecule has 3 fully saturated rings. The molecule has 0 aromatic carbocycles. The summed E-state index contributed by atoms with van der Waals surface area (Å²) in [6, 6.07) is 0.359. The van der Waals surface area contributed by atoms with E-state index in [2.05, 4.69) is 16.5 Å². The van der Waals surface area contributed by atoms with Gasteiger partial charge in [-0.1, -0.05) is 5.21 Å². The van der Waals surface area contributed by atoms with Gasteiger partial charge in [0.1, 0.15) is 0 Å². The van der Waals surface area contributed by atoms with E-state index in [1.54, 1.807) is 0 Å². The maximum absolute atomic E-state index is 11.8. The minimum absolute atomic E-state index is 0.341. The van der Waals surface area contributed by atoms with Crippen LogP contribution in [0.2, 0.25) is 0 Å². The molecular formula is C12H16N4O. The molecule has 90 valence electrons. The zero-order chi connectivity index (χ0) is 11.4. The third kappa shape index (κ3) is 1.64. The summed E-state index contributed by atoms with van der Waals surface area (Å²) >= 11 is 0. The lowest BCUT2D eigenvalue weighted by Crippen LogP contribution is -2.51. The zero-order valence-electron chi connectivity index (χ0n) is 9.75. The molecule has 1 aromatic rings. The zero-order valence-corrected chi connectivity index (χ0v) is 9.75. The highest BCUT2D eigenvalue weighted by Gasteiger charge is 2.40. The van der Waals surface area contributed by atoms with Crippen molar-refractivity contribution >= 4 is 5.91 Å². The lowest BCUT2D eigenvalue weighted by molar-refractivity contribution is -0.138. The Morgan fingerprint density at radius 1 is 1.24 bits per heavy atom. The van der Waals surface area contributed by atoms with Crippen molar-refractivity contribution in [1.29, 1.82) is 0 Å². The number of rotatable bonds is 3. The van der Waals surface area contributed by atoms with E-state index in [-0.39, 0.29) is 0 Å². The summed E-state index contributed by atoms with van der Waals surface area (Å²) in [5.74, 6) is 1.35. The summed E-state index contributed by atoms with van der Waals surface area (Å²) in [6.07, 6.45) is 6.77. The largest absolute Gasteiger partial charge is 0.338 e. The molecule has 5 heteroatoms. The molecule has 0 unspecified atom stereocenters. The van der Waals surface area contributed by atoms with E-state index >= 15 is 0 Å². The van der Waals surface area contributed by atoms with Crippen molar-refractivity contribution < 1.29 is 4.79 Å². The van der Waals surface area contributed by atoms with Gasteiger partial charge in [-0.2, -0.15) is 0 Å². The Hall–Kier alpha value is -1.39. The molecular weight excluding hydrogens is 216 g/mol. The molecule has 0 atom stereocenters. The second-order valence-electron chi connectivity index (χ2n) is 5.57. The van der Waals surface area contributed by atoms with Gasteiger partial charge in [0, 0.05) is 31.1 Å². The summed E-state index contributed by atoms with van der Waals surface area (Å²) in [5, 5.41) is 8.39. The smallest absolute Gasteiger partial charge is 0.225 e. The molecule has 0 bridgehead atoms. The fourth-order valence-electron chi connectivity index (χ4n) is 2.43. The predicted octanol–water partition coefficient (Wildman–Crippen LogP) is 0.949. The average molecular weight is 232 g/mol. The maximum Gasteiger partial charge on any atom is 0.225 e. The Bertz CT molecular complexity index is 455. The van der Waals surface area contributed by atoms with Crippen molar-refractivity contribution in [2.24, 2.45) is 5.92 Å². The average Bonchev–Trinajstić information content (AvgIpc) is 3.16. The van der Waals surface area contributed by atoms with Gasteiger partial charge in [-0.25, -0.2) is 4.68 Å². The van der Waals surface area contributed by atoms with Crippen molar-refractivity contribution in [2.75, 3.05) is 13.1 Å². The summed E-state index contributed by atoms with van der Waals surface area (Å²) in [5.41, 5.74) is 1.14. The SMILES string of the molecule is O=C(C1CC1)N1CC(n2cc(C3CC3)nn2)C1. The van der Waals surface area contributed by atoms with Crippen LogP contribution in [-0.4, -0.2) is 38.9 Å². The second-order valence-corrected chi connectivity index (χ2v) is 5.57. The maximum atomic E-state index is 11.8. The van der Waals surface area contributed by atoms with Gasteiger partial charge in [0.15, 0.2) is 0 Å². The normalized spacial score (nSPS) is 24.8.